The third kappa shape index (κ3) is 4.59. The number of rotatable bonds is 6. The Morgan fingerprint density at radius 3 is 2.33 bits per heavy atom. The zero-order chi connectivity index (χ0) is 17.5. The third-order valence-corrected chi connectivity index (χ3v) is 3.73. The summed E-state index contributed by atoms with van der Waals surface area (Å²) in [5.41, 5.74) is 1.46. The first-order valence-corrected chi connectivity index (χ1v) is 7.81. The van der Waals surface area contributed by atoms with Crippen molar-refractivity contribution in [1.82, 2.24) is 10.6 Å². The van der Waals surface area contributed by atoms with E-state index in [-0.39, 0.29) is 17.9 Å². The van der Waals surface area contributed by atoms with E-state index in [4.69, 9.17) is 4.74 Å². The summed E-state index contributed by atoms with van der Waals surface area (Å²) < 4.78 is 5.10. The van der Waals surface area contributed by atoms with Crippen molar-refractivity contribution in [3.63, 3.8) is 0 Å². The van der Waals surface area contributed by atoms with Crippen LogP contribution < -0.4 is 15.4 Å². The highest BCUT2D eigenvalue weighted by Gasteiger charge is 2.19. The maximum Gasteiger partial charge on any atom is 0.252 e. The van der Waals surface area contributed by atoms with Gasteiger partial charge in [0.1, 0.15) is 11.8 Å². The number of benzene rings is 2. The Hall–Kier alpha value is -2.82. The normalized spacial score (nSPS) is 12.8. The van der Waals surface area contributed by atoms with E-state index in [1.165, 1.54) is 7.11 Å². The highest BCUT2D eigenvalue weighted by Crippen LogP contribution is 2.13. The van der Waals surface area contributed by atoms with Crippen LogP contribution in [0.25, 0.3) is 0 Å². The standard InChI is InChI=1S/C19H22N2O3/c1-13(15-8-5-4-6-9-15)20-18(22)14(2)21-19(23)16-10-7-11-17(12-16)24-3/h4-14H,1-3H3,(H,20,22)(H,21,23)/t13-,14+/m0/s1. The molecule has 2 aromatic rings. The van der Waals surface area contributed by atoms with Gasteiger partial charge in [0.2, 0.25) is 5.91 Å². The van der Waals surface area contributed by atoms with Gasteiger partial charge in [-0.1, -0.05) is 36.4 Å². The Morgan fingerprint density at radius 1 is 0.958 bits per heavy atom. The maximum atomic E-state index is 12.3. The van der Waals surface area contributed by atoms with Crippen molar-refractivity contribution >= 4 is 11.8 Å². The summed E-state index contributed by atoms with van der Waals surface area (Å²) >= 11 is 0. The third-order valence-electron chi connectivity index (χ3n) is 3.73. The molecule has 0 aromatic heterocycles. The maximum absolute atomic E-state index is 12.3. The zero-order valence-electron chi connectivity index (χ0n) is 14.1. The number of carbonyl (C=O) groups is 2. The van der Waals surface area contributed by atoms with Crippen LogP contribution in [0.1, 0.15) is 35.8 Å². The number of ether oxygens (including phenoxy) is 1. The van der Waals surface area contributed by atoms with Gasteiger partial charge in [0.15, 0.2) is 0 Å². The van der Waals surface area contributed by atoms with E-state index in [1.807, 2.05) is 37.3 Å². The van der Waals surface area contributed by atoms with E-state index in [1.54, 1.807) is 31.2 Å². The highest BCUT2D eigenvalue weighted by molar-refractivity contribution is 5.97. The van der Waals surface area contributed by atoms with E-state index in [0.717, 1.165) is 5.56 Å². The van der Waals surface area contributed by atoms with Crippen LogP contribution in [0.4, 0.5) is 0 Å². The SMILES string of the molecule is COc1cccc(C(=O)N[C@H](C)C(=O)N[C@@H](C)c2ccccc2)c1. The molecule has 24 heavy (non-hydrogen) atoms. The van der Waals surface area contributed by atoms with Gasteiger partial charge in [-0.25, -0.2) is 0 Å². The lowest BCUT2D eigenvalue weighted by atomic mass is 10.1. The summed E-state index contributed by atoms with van der Waals surface area (Å²) in [4.78, 5) is 24.5. The summed E-state index contributed by atoms with van der Waals surface area (Å²) in [7, 11) is 1.54. The zero-order valence-corrected chi connectivity index (χ0v) is 14.1. The molecule has 126 valence electrons. The fourth-order valence-electron chi connectivity index (χ4n) is 2.27. The van der Waals surface area contributed by atoms with Crippen molar-refractivity contribution in [2.24, 2.45) is 0 Å². The van der Waals surface area contributed by atoms with Gasteiger partial charge in [0.25, 0.3) is 5.91 Å². The van der Waals surface area contributed by atoms with E-state index in [9.17, 15) is 9.59 Å². The molecule has 2 amide bonds. The summed E-state index contributed by atoms with van der Waals surface area (Å²) in [5, 5.41) is 5.59. The van der Waals surface area contributed by atoms with Crippen LogP contribution in [0.2, 0.25) is 0 Å². The highest BCUT2D eigenvalue weighted by atomic mass is 16.5. The quantitative estimate of drug-likeness (QED) is 0.857. The lowest BCUT2D eigenvalue weighted by Crippen LogP contribution is -2.45. The summed E-state index contributed by atoms with van der Waals surface area (Å²) in [6.45, 7) is 3.56. The first-order chi connectivity index (χ1) is 11.5. The van der Waals surface area contributed by atoms with Crippen molar-refractivity contribution in [3.05, 3.63) is 65.7 Å². The van der Waals surface area contributed by atoms with Crippen LogP contribution in [-0.4, -0.2) is 25.0 Å². The Balaban J connectivity index is 1.94. The van der Waals surface area contributed by atoms with E-state index in [2.05, 4.69) is 10.6 Å². The molecule has 0 aliphatic rings. The topological polar surface area (TPSA) is 67.4 Å². The molecule has 2 N–H and O–H groups in total. The Morgan fingerprint density at radius 2 is 1.67 bits per heavy atom. The Kier molecular flexibility index (Phi) is 5.95. The minimum atomic E-state index is -0.644. The monoisotopic (exact) mass is 326 g/mol. The van der Waals surface area contributed by atoms with E-state index >= 15 is 0 Å². The lowest BCUT2D eigenvalue weighted by molar-refractivity contribution is -0.123. The minimum Gasteiger partial charge on any atom is -0.497 e. The number of hydrogen-bond donors (Lipinski definition) is 2. The molecule has 0 spiro atoms. The first-order valence-electron chi connectivity index (χ1n) is 7.81. The number of amides is 2. The largest absolute Gasteiger partial charge is 0.497 e. The molecule has 0 aliphatic carbocycles. The van der Waals surface area contributed by atoms with Gasteiger partial charge in [-0.15, -0.1) is 0 Å². The lowest BCUT2D eigenvalue weighted by Gasteiger charge is -2.19. The van der Waals surface area contributed by atoms with Gasteiger partial charge in [-0.3, -0.25) is 9.59 Å². The number of methoxy groups -OCH3 is 1. The fourth-order valence-corrected chi connectivity index (χ4v) is 2.27. The second kappa shape index (κ2) is 8.15. The second-order valence-electron chi connectivity index (χ2n) is 5.57. The number of carbonyl (C=O) groups excluding carboxylic acids is 2. The molecular formula is C19H22N2O3. The predicted molar refractivity (Wildman–Crippen MR) is 92.9 cm³/mol. The van der Waals surface area contributed by atoms with E-state index < -0.39 is 6.04 Å². The Labute approximate surface area is 142 Å². The minimum absolute atomic E-state index is 0.130. The average molecular weight is 326 g/mol. The molecule has 0 saturated carbocycles. The van der Waals surface area contributed by atoms with Crippen LogP contribution >= 0.6 is 0 Å². The van der Waals surface area contributed by atoms with Gasteiger partial charge in [0, 0.05) is 5.56 Å². The van der Waals surface area contributed by atoms with Crippen LogP contribution in [-0.2, 0) is 4.79 Å². The van der Waals surface area contributed by atoms with Crippen LogP contribution in [0.5, 0.6) is 5.75 Å². The number of nitrogens with one attached hydrogen (secondary N) is 2. The molecule has 0 unspecified atom stereocenters. The molecule has 0 fully saturated rings. The molecule has 2 atom stereocenters. The van der Waals surface area contributed by atoms with Crippen molar-refractivity contribution in [2.45, 2.75) is 25.9 Å². The van der Waals surface area contributed by atoms with Crippen LogP contribution in [0.15, 0.2) is 54.6 Å². The summed E-state index contributed by atoms with van der Waals surface area (Å²) in [6, 6.07) is 15.7. The van der Waals surface area contributed by atoms with Crippen molar-refractivity contribution in [2.75, 3.05) is 7.11 Å². The fraction of sp³-hybridized carbons (Fsp3) is 0.263. The predicted octanol–water partition coefficient (Wildman–Crippen LogP) is 2.69. The second-order valence-corrected chi connectivity index (χ2v) is 5.57. The molecule has 0 aliphatic heterocycles. The summed E-state index contributed by atoms with van der Waals surface area (Å²) in [5.74, 6) is 0.0453. The molecule has 5 heteroatoms. The van der Waals surface area contributed by atoms with Gasteiger partial charge in [-0.05, 0) is 37.6 Å². The Bertz CT molecular complexity index is 701. The molecular weight excluding hydrogens is 304 g/mol. The van der Waals surface area contributed by atoms with Crippen LogP contribution in [0.3, 0.4) is 0 Å². The van der Waals surface area contributed by atoms with Gasteiger partial charge in [-0.2, -0.15) is 0 Å². The summed E-state index contributed by atoms with van der Waals surface area (Å²) in [6.07, 6.45) is 0. The van der Waals surface area contributed by atoms with Crippen molar-refractivity contribution in [3.8, 4) is 5.75 Å². The number of hydrogen-bond acceptors (Lipinski definition) is 3. The van der Waals surface area contributed by atoms with Gasteiger partial charge < -0.3 is 15.4 Å². The average Bonchev–Trinajstić information content (AvgIpc) is 2.62. The molecule has 5 nitrogen and oxygen atoms in total. The van der Waals surface area contributed by atoms with Crippen LogP contribution in [0, 0.1) is 0 Å². The van der Waals surface area contributed by atoms with Gasteiger partial charge >= 0.3 is 0 Å². The van der Waals surface area contributed by atoms with E-state index in [0.29, 0.717) is 11.3 Å². The first kappa shape index (κ1) is 17.5. The smallest absolute Gasteiger partial charge is 0.252 e. The molecule has 2 aromatic carbocycles. The molecule has 0 radical (unpaired) electrons. The van der Waals surface area contributed by atoms with Gasteiger partial charge in [0.05, 0.1) is 13.2 Å². The molecule has 0 saturated heterocycles. The van der Waals surface area contributed by atoms with Crippen molar-refractivity contribution in [1.29, 1.82) is 0 Å². The van der Waals surface area contributed by atoms with Crippen molar-refractivity contribution < 1.29 is 14.3 Å². The molecule has 0 heterocycles. The molecule has 2 rings (SSSR count). The molecule has 0 bridgehead atoms.